The van der Waals surface area contributed by atoms with Crippen molar-refractivity contribution in [2.75, 3.05) is 0 Å². The summed E-state index contributed by atoms with van der Waals surface area (Å²) in [5.41, 5.74) is 2.12. The van der Waals surface area contributed by atoms with Gasteiger partial charge in [-0.2, -0.15) is 0 Å². The van der Waals surface area contributed by atoms with Crippen molar-refractivity contribution in [3.63, 3.8) is 0 Å². The molecule has 0 spiro atoms. The number of pyridine rings is 1. The largest absolute Gasteiger partial charge is 2.00 e. The van der Waals surface area contributed by atoms with Crippen LogP contribution in [0.1, 0.15) is 11.3 Å². The maximum absolute atomic E-state index is 5.87. The molecule has 0 amide bonds. The fraction of sp³-hybridized carbons (Fsp3) is 0. The third-order valence-corrected chi connectivity index (χ3v) is 3.21. The summed E-state index contributed by atoms with van der Waals surface area (Å²) in [6.07, 6.45) is 20.4. The maximum atomic E-state index is 5.87. The van der Waals surface area contributed by atoms with Crippen molar-refractivity contribution in [3.8, 4) is 0 Å². The van der Waals surface area contributed by atoms with Crippen LogP contribution < -0.4 is 0 Å². The molecule has 3 heteroatoms. The normalized spacial score (nSPS) is 20.6. The van der Waals surface area contributed by atoms with E-state index in [0.29, 0.717) is 5.15 Å². The number of hydrogen-bond donors (Lipinski definition) is 0. The Morgan fingerprint density at radius 1 is 0.800 bits per heavy atom. The van der Waals surface area contributed by atoms with Crippen molar-refractivity contribution in [1.82, 2.24) is 4.98 Å². The Balaban J connectivity index is 0.000000210. The summed E-state index contributed by atoms with van der Waals surface area (Å²) in [6, 6.07) is 3.82. The number of allylic oxidation sites excluding steroid dienone is 1. The van der Waals surface area contributed by atoms with Gasteiger partial charge in [-0.05, 0) is 63.0 Å². The van der Waals surface area contributed by atoms with E-state index in [1.54, 1.807) is 0 Å². The molecule has 1 aromatic rings. The Bertz CT molecular complexity index is 460. The molecule has 10 radical (unpaired) electrons. The van der Waals surface area contributed by atoms with Gasteiger partial charge >= 0.3 is 17.1 Å². The fourth-order valence-electron chi connectivity index (χ4n) is 2.09. The van der Waals surface area contributed by atoms with Crippen LogP contribution in [0.4, 0.5) is 0 Å². The average molecular weight is 322 g/mol. The molecule has 0 saturated heterocycles. The smallest absolute Gasteiger partial charge is 0.240 e. The van der Waals surface area contributed by atoms with Gasteiger partial charge in [0.15, 0.2) is 0 Å². The van der Waals surface area contributed by atoms with E-state index in [1.807, 2.05) is 50.7 Å². The molecule has 4 rings (SSSR count). The first-order chi connectivity index (χ1) is 9.34. The molecule has 0 atom stereocenters. The minimum atomic E-state index is 0. The summed E-state index contributed by atoms with van der Waals surface area (Å²) in [5, 5.41) is 0.547. The van der Waals surface area contributed by atoms with Crippen LogP contribution in [0.15, 0.2) is 18.2 Å². The molecule has 0 aromatic carbocycles. The minimum absolute atomic E-state index is 0. The number of nitrogens with zero attached hydrogens (tertiary/aromatic N) is 1. The van der Waals surface area contributed by atoms with Gasteiger partial charge in [-0.1, -0.05) is 29.8 Å². The standard InChI is InChI=1S/C12H7ClN.C5H5.Fe/c13-11-7-6-9-5-4-8-2-1-3-10(8)12(9)14-11;1-2-4-5-3-1;/h1-7H;1-5H;/q;;+2. The number of rotatable bonds is 0. The molecule has 98 valence electrons. The number of aromatic nitrogens is 1. The second-order valence-corrected chi connectivity index (χ2v) is 4.65. The molecule has 1 heterocycles. The van der Waals surface area contributed by atoms with E-state index in [1.165, 1.54) is 11.8 Å². The van der Waals surface area contributed by atoms with Gasteiger partial charge in [0.1, 0.15) is 5.15 Å². The first kappa shape index (κ1) is 16.1. The van der Waals surface area contributed by atoms with Crippen LogP contribution in [0.2, 0.25) is 5.15 Å². The van der Waals surface area contributed by atoms with Crippen LogP contribution in [-0.2, 0) is 17.1 Å². The number of fused-ring (bicyclic) bond motifs is 3. The van der Waals surface area contributed by atoms with E-state index >= 15 is 0 Å². The zero-order valence-electron chi connectivity index (χ0n) is 10.6. The van der Waals surface area contributed by atoms with Crippen LogP contribution >= 0.6 is 11.6 Å². The first-order valence-corrected chi connectivity index (χ1v) is 6.50. The molecule has 0 aliphatic heterocycles. The summed E-state index contributed by atoms with van der Waals surface area (Å²) in [4.78, 5) is 4.34. The predicted octanol–water partition coefficient (Wildman–Crippen LogP) is 3.90. The van der Waals surface area contributed by atoms with Crippen molar-refractivity contribution in [2.45, 2.75) is 0 Å². The second-order valence-electron chi connectivity index (χ2n) is 4.26. The topological polar surface area (TPSA) is 12.9 Å². The van der Waals surface area contributed by atoms with Gasteiger partial charge in [0.2, 0.25) is 0 Å². The zero-order valence-corrected chi connectivity index (χ0v) is 12.5. The Morgan fingerprint density at radius 2 is 1.50 bits per heavy atom. The van der Waals surface area contributed by atoms with Crippen molar-refractivity contribution < 1.29 is 17.1 Å². The van der Waals surface area contributed by atoms with Crippen molar-refractivity contribution >= 4 is 17.7 Å². The van der Waals surface area contributed by atoms with Gasteiger partial charge in [0.25, 0.3) is 0 Å². The predicted molar refractivity (Wildman–Crippen MR) is 78.3 cm³/mol. The molecule has 0 unspecified atom stereocenters. The zero-order chi connectivity index (χ0) is 13.1. The summed E-state index contributed by atoms with van der Waals surface area (Å²) in [7, 11) is 0. The maximum Gasteiger partial charge on any atom is 2.00 e. The van der Waals surface area contributed by atoms with Gasteiger partial charge in [-0.15, -0.1) is 0 Å². The van der Waals surface area contributed by atoms with Crippen LogP contribution in [-0.4, -0.2) is 4.98 Å². The van der Waals surface area contributed by atoms with E-state index < -0.39 is 0 Å². The molecule has 1 nitrogen and oxygen atoms in total. The molecule has 3 aliphatic carbocycles. The van der Waals surface area contributed by atoms with Gasteiger partial charge in [-0.3, -0.25) is 0 Å². The van der Waals surface area contributed by atoms with Crippen LogP contribution in [0.5, 0.6) is 0 Å². The quantitative estimate of drug-likeness (QED) is 0.521. The van der Waals surface area contributed by atoms with Crippen molar-refractivity contribution in [2.24, 2.45) is 0 Å². The Labute approximate surface area is 137 Å². The van der Waals surface area contributed by atoms with E-state index in [4.69, 9.17) is 11.6 Å². The van der Waals surface area contributed by atoms with E-state index in [-0.39, 0.29) is 17.1 Å². The van der Waals surface area contributed by atoms with E-state index in [2.05, 4.69) is 30.0 Å². The van der Waals surface area contributed by atoms with Crippen LogP contribution in [0.25, 0.3) is 6.08 Å². The van der Waals surface area contributed by atoms with E-state index in [9.17, 15) is 0 Å². The van der Waals surface area contributed by atoms with Crippen LogP contribution in [0, 0.1) is 63.2 Å². The minimum Gasteiger partial charge on any atom is -0.240 e. The summed E-state index contributed by atoms with van der Waals surface area (Å²) in [5.74, 6) is 2.39. The SMILES string of the molecule is Clc1ccc2c(n1)[C]1[CH][CH][CH][C]1C=C2.[CH]1[CH][CH][CH][CH]1.[Fe+2]. The summed E-state index contributed by atoms with van der Waals surface area (Å²) in [6.45, 7) is 0. The number of hydrogen-bond acceptors (Lipinski definition) is 1. The molecule has 1 aromatic heterocycles. The average Bonchev–Trinajstić information content (AvgIpc) is 3.13. The fourth-order valence-corrected chi connectivity index (χ4v) is 2.24. The molecule has 2 fully saturated rings. The van der Waals surface area contributed by atoms with Crippen LogP contribution in [0.3, 0.4) is 0 Å². The van der Waals surface area contributed by atoms with Gasteiger partial charge in [0.05, 0.1) is 5.69 Å². The van der Waals surface area contributed by atoms with Crippen molar-refractivity contribution in [3.05, 3.63) is 97.8 Å². The molecule has 0 bridgehead atoms. The summed E-state index contributed by atoms with van der Waals surface area (Å²) >= 11 is 5.87. The molecule has 20 heavy (non-hydrogen) atoms. The second kappa shape index (κ2) is 7.63. The molecular formula is C17H12ClFeN+2. The number of halogens is 1. The molecule has 0 N–H and O–H groups in total. The Kier molecular flexibility index (Phi) is 6.14. The summed E-state index contributed by atoms with van der Waals surface area (Å²) < 4.78 is 0. The molecule has 3 aliphatic rings. The third-order valence-electron chi connectivity index (χ3n) is 3.00. The monoisotopic (exact) mass is 321 g/mol. The third kappa shape index (κ3) is 3.66. The molecular weight excluding hydrogens is 309 g/mol. The first-order valence-electron chi connectivity index (χ1n) is 6.12. The molecule has 2 saturated carbocycles. The Morgan fingerprint density at radius 3 is 2.20 bits per heavy atom. The van der Waals surface area contributed by atoms with E-state index in [0.717, 1.165) is 11.3 Å². The van der Waals surface area contributed by atoms with Gasteiger partial charge in [0, 0.05) is 11.8 Å². The van der Waals surface area contributed by atoms with Gasteiger partial charge in [-0.25, -0.2) is 4.98 Å². The van der Waals surface area contributed by atoms with Crippen molar-refractivity contribution in [1.29, 1.82) is 0 Å². The Hall–Kier alpha value is -0.301. The van der Waals surface area contributed by atoms with Gasteiger partial charge < -0.3 is 0 Å².